The molecule has 1 amide bonds. The number of halogens is 3. The second-order valence-electron chi connectivity index (χ2n) is 6.74. The fourth-order valence-corrected chi connectivity index (χ4v) is 2.28. The van der Waals surface area contributed by atoms with Gasteiger partial charge in [-0.3, -0.25) is 9.78 Å². The predicted octanol–water partition coefficient (Wildman–Crippen LogP) is 3.86. The molecule has 2 aromatic heterocycles. The molecule has 0 aliphatic rings. The van der Waals surface area contributed by atoms with Crippen molar-refractivity contribution in [3.63, 3.8) is 0 Å². The SMILES string of the molecule is Cc1c(Cc2ccc(C(F)(F)F)nc2)c[nH]c1C(=O)NC(C)(C)C. The van der Waals surface area contributed by atoms with Crippen LogP contribution < -0.4 is 5.32 Å². The van der Waals surface area contributed by atoms with Crippen LogP contribution in [0.5, 0.6) is 0 Å². The number of aromatic amines is 1. The van der Waals surface area contributed by atoms with Gasteiger partial charge in [0.1, 0.15) is 11.4 Å². The third-order valence-electron chi connectivity index (χ3n) is 3.47. The first-order valence-corrected chi connectivity index (χ1v) is 7.49. The number of nitrogens with one attached hydrogen (secondary N) is 2. The van der Waals surface area contributed by atoms with Crippen LogP contribution in [0.2, 0.25) is 0 Å². The summed E-state index contributed by atoms with van der Waals surface area (Å²) in [4.78, 5) is 18.6. The lowest BCUT2D eigenvalue weighted by Crippen LogP contribution is -2.41. The number of aromatic nitrogens is 2. The Hall–Kier alpha value is -2.31. The minimum absolute atomic E-state index is 0.211. The van der Waals surface area contributed by atoms with Crippen LogP contribution in [0.1, 0.15) is 53.6 Å². The van der Waals surface area contributed by atoms with Gasteiger partial charge in [-0.2, -0.15) is 13.2 Å². The summed E-state index contributed by atoms with van der Waals surface area (Å²) in [5, 5.41) is 2.87. The molecule has 130 valence electrons. The van der Waals surface area contributed by atoms with Crippen molar-refractivity contribution in [3.8, 4) is 0 Å². The highest BCUT2D eigenvalue weighted by Crippen LogP contribution is 2.27. The Kier molecular flexibility index (Phi) is 4.73. The predicted molar refractivity (Wildman–Crippen MR) is 84.8 cm³/mol. The van der Waals surface area contributed by atoms with E-state index in [0.717, 1.165) is 17.2 Å². The summed E-state index contributed by atoms with van der Waals surface area (Å²) in [6.07, 6.45) is -1.13. The van der Waals surface area contributed by atoms with Crippen LogP contribution >= 0.6 is 0 Å². The van der Waals surface area contributed by atoms with Crippen LogP contribution in [0.15, 0.2) is 24.5 Å². The fourth-order valence-electron chi connectivity index (χ4n) is 2.28. The highest BCUT2D eigenvalue weighted by Gasteiger charge is 2.32. The Labute approximate surface area is 138 Å². The summed E-state index contributed by atoms with van der Waals surface area (Å²) in [5.41, 5.74) is 1.45. The van der Waals surface area contributed by atoms with E-state index < -0.39 is 11.9 Å². The molecular formula is C17H20F3N3O. The van der Waals surface area contributed by atoms with Gasteiger partial charge in [-0.1, -0.05) is 6.07 Å². The second-order valence-corrected chi connectivity index (χ2v) is 6.74. The largest absolute Gasteiger partial charge is 0.433 e. The second kappa shape index (κ2) is 6.30. The number of hydrogen-bond acceptors (Lipinski definition) is 2. The van der Waals surface area contributed by atoms with E-state index in [1.165, 1.54) is 12.3 Å². The molecule has 0 bridgehead atoms. The van der Waals surface area contributed by atoms with Gasteiger partial charge in [-0.15, -0.1) is 0 Å². The lowest BCUT2D eigenvalue weighted by Gasteiger charge is -2.20. The first-order valence-electron chi connectivity index (χ1n) is 7.49. The van der Waals surface area contributed by atoms with Gasteiger partial charge in [0, 0.05) is 24.4 Å². The van der Waals surface area contributed by atoms with E-state index in [4.69, 9.17) is 0 Å². The van der Waals surface area contributed by atoms with Crippen molar-refractivity contribution >= 4 is 5.91 Å². The van der Waals surface area contributed by atoms with E-state index in [1.54, 1.807) is 13.1 Å². The Morgan fingerprint density at radius 1 is 1.25 bits per heavy atom. The minimum Gasteiger partial charge on any atom is -0.357 e. The quantitative estimate of drug-likeness (QED) is 0.892. The molecule has 0 aromatic carbocycles. The van der Waals surface area contributed by atoms with Crippen LogP contribution in [-0.4, -0.2) is 21.4 Å². The van der Waals surface area contributed by atoms with Gasteiger partial charge in [0.05, 0.1) is 0 Å². The summed E-state index contributed by atoms with van der Waals surface area (Å²) in [7, 11) is 0. The number of alkyl halides is 3. The molecule has 2 heterocycles. The van der Waals surface area contributed by atoms with Gasteiger partial charge in [0.2, 0.25) is 0 Å². The molecule has 0 aliphatic carbocycles. The highest BCUT2D eigenvalue weighted by atomic mass is 19.4. The zero-order valence-electron chi connectivity index (χ0n) is 14.0. The maximum Gasteiger partial charge on any atom is 0.433 e. The third kappa shape index (κ3) is 4.37. The maximum absolute atomic E-state index is 12.5. The smallest absolute Gasteiger partial charge is 0.357 e. The number of amides is 1. The van der Waals surface area contributed by atoms with E-state index in [0.29, 0.717) is 17.7 Å². The Bertz CT molecular complexity index is 725. The molecule has 7 heteroatoms. The average molecular weight is 339 g/mol. The number of nitrogens with zero attached hydrogens (tertiary/aromatic N) is 1. The zero-order chi connectivity index (χ0) is 18.1. The standard InChI is InChI=1S/C17H20F3N3O/c1-10-12(9-22-14(10)15(24)23-16(2,3)4)7-11-5-6-13(21-8-11)17(18,19)20/h5-6,8-9,22H,7H2,1-4H3,(H,23,24). The monoisotopic (exact) mass is 339 g/mol. The maximum atomic E-state index is 12.5. The molecular weight excluding hydrogens is 319 g/mol. The van der Waals surface area contributed by atoms with Gasteiger partial charge >= 0.3 is 6.18 Å². The van der Waals surface area contributed by atoms with E-state index >= 15 is 0 Å². The molecule has 0 unspecified atom stereocenters. The third-order valence-corrected chi connectivity index (χ3v) is 3.47. The molecule has 2 aromatic rings. The molecule has 0 fully saturated rings. The molecule has 4 nitrogen and oxygen atoms in total. The van der Waals surface area contributed by atoms with Crippen molar-refractivity contribution in [2.24, 2.45) is 0 Å². The number of hydrogen-bond donors (Lipinski definition) is 2. The molecule has 0 spiro atoms. The summed E-state index contributed by atoms with van der Waals surface area (Å²) in [6, 6.07) is 2.36. The topological polar surface area (TPSA) is 57.8 Å². The summed E-state index contributed by atoms with van der Waals surface area (Å²) >= 11 is 0. The number of carbonyl (C=O) groups is 1. The molecule has 0 aliphatic heterocycles. The van der Waals surface area contributed by atoms with Gasteiger partial charge in [-0.05, 0) is 50.5 Å². The van der Waals surface area contributed by atoms with E-state index in [1.807, 2.05) is 20.8 Å². The van der Waals surface area contributed by atoms with Gasteiger partial charge in [-0.25, -0.2) is 0 Å². The molecule has 0 radical (unpaired) electrons. The van der Waals surface area contributed by atoms with Crippen molar-refractivity contribution in [1.29, 1.82) is 0 Å². The molecule has 0 atom stereocenters. The Morgan fingerprint density at radius 3 is 2.42 bits per heavy atom. The molecule has 2 N–H and O–H groups in total. The first kappa shape index (κ1) is 18.0. The van der Waals surface area contributed by atoms with E-state index in [9.17, 15) is 18.0 Å². The first-order chi connectivity index (χ1) is 11.0. The van der Waals surface area contributed by atoms with Crippen LogP contribution in [-0.2, 0) is 12.6 Å². The zero-order valence-corrected chi connectivity index (χ0v) is 14.0. The molecule has 0 saturated heterocycles. The normalized spacial score (nSPS) is 12.3. The van der Waals surface area contributed by atoms with Crippen molar-refractivity contribution < 1.29 is 18.0 Å². The molecule has 0 saturated carbocycles. The van der Waals surface area contributed by atoms with Crippen molar-refractivity contribution in [3.05, 3.63) is 52.6 Å². The number of rotatable bonds is 3. The number of H-pyrrole nitrogens is 1. The van der Waals surface area contributed by atoms with E-state index in [-0.39, 0.29) is 11.4 Å². The van der Waals surface area contributed by atoms with Gasteiger partial charge in [0.15, 0.2) is 0 Å². The average Bonchev–Trinajstić information content (AvgIpc) is 2.78. The van der Waals surface area contributed by atoms with E-state index in [2.05, 4.69) is 15.3 Å². The summed E-state index contributed by atoms with van der Waals surface area (Å²) < 4.78 is 37.6. The van der Waals surface area contributed by atoms with Crippen LogP contribution in [0.4, 0.5) is 13.2 Å². The summed E-state index contributed by atoms with van der Waals surface area (Å²) in [5.74, 6) is -0.211. The number of pyridine rings is 1. The lowest BCUT2D eigenvalue weighted by atomic mass is 10.0. The minimum atomic E-state index is -4.44. The van der Waals surface area contributed by atoms with Crippen LogP contribution in [0.3, 0.4) is 0 Å². The Morgan fingerprint density at radius 2 is 1.92 bits per heavy atom. The van der Waals surface area contributed by atoms with Crippen molar-refractivity contribution in [1.82, 2.24) is 15.3 Å². The van der Waals surface area contributed by atoms with Gasteiger partial charge < -0.3 is 10.3 Å². The highest BCUT2D eigenvalue weighted by molar-refractivity contribution is 5.94. The summed E-state index contributed by atoms with van der Waals surface area (Å²) in [6.45, 7) is 7.47. The Balaban J connectivity index is 2.16. The van der Waals surface area contributed by atoms with Crippen molar-refractivity contribution in [2.75, 3.05) is 0 Å². The lowest BCUT2D eigenvalue weighted by molar-refractivity contribution is -0.141. The van der Waals surface area contributed by atoms with Crippen molar-refractivity contribution in [2.45, 2.75) is 45.8 Å². The van der Waals surface area contributed by atoms with Crippen LogP contribution in [0.25, 0.3) is 0 Å². The van der Waals surface area contributed by atoms with Crippen LogP contribution in [0, 0.1) is 6.92 Å². The molecule has 2 rings (SSSR count). The fraction of sp³-hybridized carbons (Fsp3) is 0.412. The van der Waals surface area contributed by atoms with Gasteiger partial charge in [0.25, 0.3) is 5.91 Å². The number of carbonyl (C=O) groups excluding carboxylic acids is 1. The molecule has 24 heavy (non-hydrogen) atoms.